The Morgan fingerprint density at radius 3 is 2.79 bits per heavy atom. The predicted octanol–water partition coefficient (Wildman–Crippen LogP) is 0.718. The maximum atomic E-state index is 13.0. The summed E-state index contributed by atoms with van der Waals surface area (Å²) in [6.45, 7) is 5.09. The number of rotatable bonds is 4. The fourth-order valence-corrected chi connectivity index (χ4v) is 5.81. The molecule has 1 aromatic carbocycles. The predicted molar refractivity (Wildman–Crippen MR) is 103 cm³/mol. The number of likely N-dealkylation sites (tertiary alicyclic amines) is 1. The van der Waals surface area contributed by atoms with Gasteiger partial charge >= 0.3 is 0 Å². The number of amides is 1. The first-order chi connectivity index (χ1) is 13.5. The van der Waals surface area contributed by atoms with Gasteiger partial charge in [-0.05, 0) is 38.0 Å². The number of ether oxygens (including phenoxy) is 1. The van der Waals surface area contributed by atoms with E-state index >= 15 is 0 Å². The summed E-state index contributed by atoms with van der Waals surface area (Å²) in [4.78, 5) is 14.7. The van der Waals surface area contributed by atoms with Crippen molar-refractivity contribution in [3.8, 4) is 0 Å². The number of hydrogen-bond acceptors (Lipinski definition) is 6. The Labute approximate surface area is 164 Å². The molecule has 0 aliphatic carbocycles. The maximum Gasteiger partial charge on any atom is 0.253 e. The van der Waals surface area contributed by atoms with Crippen molar-refractivity contribution in [1.29, 1.82) is 0 Å². The van der Waals surface area contributed by atoms with Crippen LogP contribution < -0.4 is 0 Å². The van der Waals surface area contributed by atoms with Crippen molar-refractivity contribution in [2.24, 2.45) is 0 Å². The molecule has 0 radical (unpaired) electrons. The lowest BCUT2D eigenvalue weighted by molar-refractivity contribution is 0.0686. The lowest BCUT2D eigenvalue weighted by Crippen LogP contribution is -2.51. The van der Waals surface area contributed by atoms with Gasteiger partial charge in [-0.1, -0.05) is 5.21 Å². The number of piperidine rings is 1. The Hall–Kier alpha value is -2.04. The third-order valence-electron chi connectivity index (χ3n) is 5.48. The number of benzene rings is 1. The third-order valence-corrected chi connectivity index (χ3v) is 7.79. The van der Waals surface area contributed by atoms with Gasteiger partial charge in [0.15, 0.2) is 0 Å². The van der Waals surface area contributed by atoms with E-state index in [4.69, 9.17) is 4.74 Å². The van der Waals surface area contributed by atoms with Gasteiger partial charge in [0.2, 0.25) is 10.0 Å². The standard InChI is InChI=1S/C18H25N5O4S/c1-2-23-17-6-5-14(12-16(17)19-20-23)18(24)21-7-3-4-15(13-21)28(25,26)22-8-10-27-11-9-22/h5-6,12,15H,2-4,7-11,13H2,1H3/t15-/m1/s1. The Bertz CT molecular complexity index is 968. The van der Waals surface area contributed by atoms with Crippen LogP contribution >= 0.6 is 0 Å². The molecule has 1 amide bonds. The Balaban J connectivity index is 1.51. The summed E-state index contributed by atoms with van der Waals surface area (Å²) in [5.74, 6) is -0.158. The molecule has 28 heavy (non-hydrogen) atoms. The molecule has 0 unspecified atom stereocenters. The van der Waals surface area contributed by atoms with Gasteiger partial charge in [-0.2, -0.15) is 4.31 Å². The third kappa shape index (κ3) is 3.51. The van der Waals surface area contributed by atoms with Crippen LogP contribution in [0.3, 0.4) is 0 Å². The number of carbonyl (C=O) groups is 1. The molecule has 1 atom stereocenters. The van der Waals surface area contributed by atoms with E-state index in [-0.39, 0.29) is 12.5 Å². The van der Waals surface area contributed by atoms with E-state index in [0.717, 1.165) is 5.52 Å². The van der Waals surface area contributed by atoms with E-state index in [9.17, 15) is 13.2 Å². The molecule has 2 aromatic rings. The van der Waals surface area contributed by atoms with Gasteiger partial charge in [-0.15, -0.1) is 5.10 Å². The van der Waals surface area contributed by atoms with Crippen LogP contribution in [0.4, 0.5) is 0 Å². The lowest BCUT2D eigenvalue weighted by atomic mass is 10.1. The summed E-state index contributed by atoms with van der Waals surface area (Å²) in [5, 5.41) is 7.63. The van der Waals surface area contributed by atoms with Gasteiger partial charge < -0.3 is 9.64 Å². The highest BCUT2D eigenvalue weighted by atomic mass is 32.2. The molecular weight excluding hydrogens is 382 g/mol. The molecular formula is C18H25N5O4S. The topological polar surface area (TPSA) is 97.6 Å². The quantitative estimate of drug-likeness (QED) is 0.741. The average Bonchev–Trinajstić information content (AvgIpc) is 3.16. The van der Waals surface area contributed by atoms with E-state index in [0.29, 0.717) is 63.3 Å². The first kappa shape index (κ1) is 19.3. The normalized spacial score (nSPS) is 21.9. The second-order valence-electron chi connectivity index (χ2n) is 7.18. The summed E-state index contributed by atoms with van der Waals surface area (Å²) in [7, 11) is -3.43. The van der Waals surface area contributed by atoms with Crippen LogP contribution in [0.2, 0.25) is 0 Å². The van der Waals surface area contributed by atoms with Crippen molar-refractivity contribution in [3.63, 3.8) is 0 Å². The summed E-state index contributed by atoms with van der Waals surface area (Å²) < 4.78 is 34.5. The van der Waals surface area contributed by atoms with Crippen molar-refractivity contribution in [2.75, 3.05) is 39.4 Å². The van der Waals surface area contributed by atoms with E-state index in [1.165, 1.54) is 4.31 Å². The number of aryl methyl sites for hydroxylation is 1. The van der Waals surface area contributed by atoms with E-state index in [1.54, 1.807) is 21.7 Å². The molecule has 152 valence electrons. The van der Waals surface area contributed by atoms with Gasteiger partial charge in [0.05, 0.1) is 24.0 Å². The number of aromatic nitrogens is 3. The molecule has 0 spiro atoms. The summed E-state index contributed by atoms with van der Waals surface area (Å²) >= 11 is 0. The summed E-state index contributed by atoms with van der Waals surface area (Å²) in [6.07, 6.45) is 1.25. The Kier molecular flexibility index (Phi) is 5.35. The molecule has 0 saturated carbocycles. The minimum absolute atomic E-state index is 0.158. The first-order valence-corrected chi connectivity index (χ1v) is 11.2. The van der Waals surface area contributed by atoms with E-state index in [2.05, 4.69) is 10.3 Å². The highest BCUT2D eigenvalue weighted by Crippen LogP contribution is 2.23. The lowest BCUT2D eigenvalue weighted by Gasteiger charge is -2.36. The van der Waals surface area contributed by atoms with Gasteiger partial charge in [-0.3, -0.25) is 4.79 Å². The molecule has 2 fully saturated rings. The molecule has 2 aliphatic heterocycles. The highest BCUT2D eigenvalue weighted by Gasteiger charge is 2.37. The Morgan fingerprint density at radius 1 is 1.25 bits per heavy atom. The fourth-order valence-electron chi connectivity index (χ4n) is 3.90. The number of fused-ring (bicyclic) bond motifs is 1. The molecule has 1 aromatic heterocycles. The van der Waals surface area contributed by atoms with E-state index in [1.807, 2.05) is 13.0 Å². The van der Waals surface area contributed by atoms with Gasteiger partial charge in [-0.25, -0.2) is 13.1 Å². The molecule has 0 N–H and O–H groups in total. The van der Waals surface area contributed by atoms with Crippen molar-refractivity contribution in [2.45, 2.75) is 31.6 Å². The van der Waals surface area contributed by atoms with Crippen LogP contribution in [0.25, 0.3) is 11.0 Å². The molecule has 3 heterocycles. The number of morpholine rings is 1. The molecule has 9 nitrogen and oxygen atoms in total. The molecule has 4 rings (SSSR count). The van der Waals surface area contributed by atoms with Crippen molar-refractivity contribution in [3.05, 3.63) is 23.8 Å². The SMILES string of the molecule is CCn1nnc2cc(C(=O)N3CCC[C@@H](S(=O)(=O)N4CCOCC4)C3)ccc21. The number of sulfonamides is 1. The molecule has 0 bridgehead atoms. The summed E-state index contributed by atoms with van der Waals surface area (Å²) in [5.41, 5.74) is 2.06. The van der Waals surface area contributed by atoms with Crippen molar-refractivity contribution in [1.82, 2.24) is 24.2 Å². The van der Waals surface area contributed by atoms with Crippen LogP contribution in [0.5, 0.6) is 0 Å². The zero-order chi connectivity index (χ0) is 19.7. The van der Waals surface area contributed by atoms with Crippen molar-refractivity contribution < 1.29 is 17.9 Å². The van der Waals surface area contributed by atoms with Crippen LogP contribution in [0.1, 0.15) is 30.1 Å². The second-order valence-corrected chi connectivity index (χ2v) is 9.39. The van der Waals surface area contributed by atoms with Crippen LogP contribution in [-0.2, 0) is 21.3 Å². The maximum absolute atomic E-state index is 13.0. The summed E-state index contributed by atoms with van der Waals surface area (Å²) in [6, 6.07) is 5.34. The average molecular weight is 407 g/mol. The van der Waals surface area contributed by atoms with Crippen LogP contribution in [0, 0.1) is 0 Å². The monoisotopic (exact) mass is 407 g/mol. The zero-order valence-electron chi connectivity index (χ0n) is 16.0. The smallest absolute Gasteiger partial charge is 0.253 e. The van der Waals surface area contributed by atoms with E-state index < -0.39 is 15.3 Å². The number of hydrogen-bond donors (Lipinski definition) is 0. The Morgan fingerprint density at radius 2 is 2.04 bits per heavy atom. The van der Waals surface area contributed by atoms with Crippen LogP contribution in [0.15, 0.2) is 18.2 Å². The second kappa shape index (κ2) is 7.76. The van der Waals surface area contributed by atoms with Crippen molar-refractivity contribution >= 4 is 27.0 Å². The number of carbonyl (C=O) groups excluding carboxylic acids is 1. The largest absolute Gasteiger partial charge is 0.379 e. The fraction of sp³-hybridized carbons (Fsp3) is 0.611. The van der Waals surface area contributed by atoms with Gasteiger partial charge in [0, 0.05) is 38.3 Å². The molecule has 2 aliphatic rings. The van der Waals surface area contributed by atoms with Gasteiger partial charge in [0.1, 0.15) is 5.52 Å². The van der Waals surface area contributed by atoms with Crippen LogP contribution in [-0.4, -0.2) is 83.2 Å². The molecule has 2 saturated heterocycles. The van der Waals surface area contributed by atoms with Gasteiger partial charge in [0.25, 0.3) is 5.91 Å². The molecule has 10 heteroatoms. The highest BCUT2D eigenvalue weighted by molar-refractivity contribution is 7.89. The number of nitrogens with zero attached hydrogens (tertiary/aromatic N) is 5. The first-order valence-electron chi connectivity index (χ1n) is 9.70. The minimum Gasteiger partial charge on any atom is -0.379 e. The minimum atomic E-state index is -3.43. The zero-order valence-corrected chi connectivity index (χ0v) is 16.8.